The summed E-state index contributed by atoms with van der Waals surface area (Å²) in [5, 5.41) is 11.1. The average Bonchev–Trinajstić information content (AvgIpc) is 2.35. The summed E-state index contributed by atoms with van der Waals surface area (Å²) in [6.45, 7) is 7.48. The number of nitrogens with zero attached hydrogens (tertiary/aromatic N) is 2. The molecular formula is C16H24N2O3. The molecule has 0 spiro atoms. The molecule has 0 bridgehead atoms. The van der Waals surface area contributed by atoms with Gasteiger partial charge in [-0.25, -0.2) is 4.79 Å². The molecule has 21 heavy (non-hydrogen) atoms. The van der Waals surface area contributed by atoms with E-state index in [0.29, 0.717) is 6.42 Å². The molecule has 116 valence electrons. The van der Waals surface area contributed by atoms with Gasteiger partial charge < -0.3 is 14.8 Å². The molecule has 5 nitrogen and oxygen atoms in total. The second-order valence-electron chi connectivity index (χ2n) is 6.08. The van der Waals surface area contributed by atoms with Crippen LogP contribution < -0.4 is 4.73 Å². The van der Waals surface area contributed by atoms with E-state index in [1.165, 1.54) is 12.4 Å². The second-order valence-corrected chi connectivity index (χ2v) is 6.08. The van der Waals surface area contributed by atoms with Crippen molar-refractivity contribution in [1.82, 2.24) is 4.90 Å². The molecule has 1 rings (SSSR count). The van der Waals surface area contributed by atoms with Crippen LogP contribution in [0.15, 0.2) is 30.6 Å². The Morgan fingerprint density at radius 1 is 1.52 bits per heavy atom. The number of rotatable bonds is 4. The van der Waals surface area contributed by atoms with Gasteiger partial charge in [0.15, 0.2) is 12.4 Å². The molecule has 5 heteroatoms. The highest BCUT2D eigenvalue weighted by atomic mass is 16.6. The van der Waals surface area contributed by atoms with E-state index in [2.05, 4.69) is 0 Å². The Hall–Kier alpha value is -2.04. The van der Waals surface area contributed by atoms with Crippen LogP contribution in [0.2, 0.25) is 0 Å². The van der Waals surface area contributed by atoms with Crippen molar-refractivity contribution in [1.29, 1.82) is 0 Å². The Balaban J connectivity index is 2.53. The minimum absolute atomic E-state index is 0.0131. The van der Waals surface area contributed by atoms with Crippen LogP contribution in [0.1, 0.15) is 39.7 Å². The van der Waals surface area contributed by atoms with Gasteiger partial charge in [-0.15, -0.1) is 0 Å². The third-order valence-electron chi connectivity index (χ3n) is 2.93. The average molecular weight is 292 g/mol. The van der Waals surface area contributed by atoms with Gasteiger partial charge in [0.05, 0.1) is 0 Å². The number of carbonyl (C=O) groups is 1. The monoisotopic (exact) mass is 292 g/mol. The van der Waals surface area contributed by atoms with Crippen LogP contribution >= 0.6 is 0 Å². The summed E-state index contributed by atoms with van der Waals surface area (Å²) in [5.74, 6) is 0. The molecule has 0 saturated carbocycles. The van der Waals surface area contributed by atoms with Crippen molar-refractivity contribution in [2.24, 2.45) is 0 Å². The predicted molar refractivity (Wildman–Crippen MR) is 82.5 cm³/mol. The number of aromatic nitrogens is 1. The second kappa shape index (κ2) is 7.11. The normalized spacial score (nSPS) is 13.2. The van der Waals surface area contributed by atoms with Gasteiger partial charge in [-0.2, -0.15) is 4.73 Å². The predicted octanol–water partition coefficient (Wildman–Crippen LogP) is 2.98. The molecule has 0 radical (unpaired) electrons. The summed E-state index contributed by atoms with van der Waals surface area (Å²) in [4.78, 5) is 13.5. The maximum Gasteiger partial charge on any atom is 0.410 e. The van der Waals surface area contributed by atoms with Gasteiger partial charge in [0.2, 0.25) is 0 Å². The molecular weight excluding hydrogens is 268 g/mol. The van der Waals surface area contributed by atoms with Crippen LogP contribution in [0.25, 0.3) is 6.08 Å². The molecule has 1 atom stereocenters. The molecule has 1 aromatic rings. The lowest BCUT2D eigenvalue weighted by molar-refractivity contribution is -0.605. The first-order valence-electron chi connectivity index (χ1n) is 7.00. The molecule has 0 N–H and O–H groups in total. The van der Waals surface area contributed by atoms with Gasteiger partial charge >= 0.3 is 6.09 Å². The SMILES string of the molecule is CC(C/C=C/c1ccc[n+]([O-])c1)N(C)C(=O)OC(C)(C)C. The lowest BCUT2D eigenvalue weighted by Gasteiger charge is -2.28. The van der Waals surface area contributed by atoms with Crippen molar-refractivity contribution in [3.8, 4) is 0 Å². The van der Waals surface area contributed by atoms with Gasteiger partial charge in [0.1, 0.15) is 5.60 Å². The molecule has 0 aliphatic rings. The summed E-state index contributed by atoms with van der Waals surface area (Å²) in [6.07, 6.45) is 7.10. The van der Waals surface area contributed by atoms with Crippen molar-refractivity contribution in [3.05, 3.63) is 41.4 Å². The van der Waals surface area contributed by atoms with Crippen LogP contribution in [0.4, 0.5) is 4.79 Å². The van der Waals surface area contributed by atoms with Crippen molar-refractivity contribution < 1.29 is 14.3 Å². The Morgan fingerprint density at radius 2 is 2.19 bits per heavy atom. The maximum absolute atomic E-state index is 11.9. The quantitative estimate of drug-likeness (QED) is 0.633. The smallest absolute Gasteiger partial charge is 0.410 e. The van der Waals surface area contributed by atoms with Crippen molar-refractivity contribution >= 4 is 12.2 Å². The largest absolute Gasteiger partial charge is 0.619 e. The van der Waals surface area contributed by atoms with Crippen LogP contribution in [0, 0.1) is 5.21 Å². The van der Waals surface area contributed by atoms with Crippen LogP contribution in [-0.2, 0) is 4.74 Å². The lowest BCUT2D eigenvalue weighted by atomic mass is 10.1. The first-order valence-corrected chi connectivity index (χ1v) is 7.00. The summed E-state index contributed by atoms with van der Waals surface area (Å²) < 4.78 is 6.08. The Labute approximate surface area is 126 Å². The van der Waals surface area contributed by atoms with Crippen LogP contribution in [-0.4, -0.2) is 29.7 Å². The van der Waals surface area contributed by atoms with E-state index in [4.69, 9.17) is 4.74 Å². The standard InChI is InChI=1S/C16H24N2O3/c1-13(17(5)15(19)21-16(2,3)4)8-6-9-14-10-7-11-18(20)12-14/h6-7,9-13H,8H2,1-5H3/b9-6+. The highest BCUT2D eigenvalue weighted by molar-refractivity contribution is 5.68. The Morgan fingerprint density at radius 3 is 2.76 bits per heavy atom. The molecule has 0 fully saturated rings. The van der Waals surface area contributed by atoms with E-state index in [0.717, 1.165) is 10.3 Å². The zero-order valence-electron chi connectivity index (χ0n) is 13.4. The third-order valence-corrected chi connectivity index (χ3v) is 2.93. The summed E-state index contributed by atoms with van der Waals surface area (Å²) in [5.41, 5.74) is 0.340. The third kappa shape index (κ3) is 6.29. The van der Waals surface area contributed by atoms with Gasteiger partial charge in [0.25, 0.3) is 0 Å². The number of hydrogen-bond donors (Lipinski definition) is 0. The van der Waals surface area contributed by atoms with Gasteiger partial charge in [0, 0.05) is 24.7 Å². The van der Waals surface area contributed by atoms with E-state index >= 15 is 0 Å². The number of hydrogen-bond acceptors (Lipinski definition) is 3. The van der Waals surface area contributed by atoms with Crippen molar-refractivity contribution in [3.63, 3.8) is 0 Å². The van der Waals surface area contributed by atoms with Crippen molar-refractivity contribution in [2.75, 3.05) is 7.05 Å². The summed E-state index contributed by atoms with van der Waals surface area (Å²) in [7, 11) is 1.72. The molecule has 0 aliphatic carbocycles. The first kappa shape index (κ1) is 17.0. The molecule has 1 heterocycles. The fourth-order valence-corrected chi connectivity index (χ4v) is 1.64. The van der Waals surface area contributed by atoms with E-state index in [1.54, 1.807) is 18.0 Å². The summed E-state index contributed by atoms with van der Waals surface area (Å²) >= 11 is 0. The Kier molecular flexibility index (Phi) is 5.76. The van der Waals surface area contributed by atoms with Crippen molar-refractivity contribution in [2.45, 2.75) is 45.8 Å². The zero-order valence-corrected chi connectivity index (χ0v) is 13.4. The fraction of sp³-hybridized carbons (Fsp3) is 0.500. The minimum atomic E-state index is -0.493. The molecule has 0 aromatic carbocycles. The van der Waals surface area contributed by atoms with Gasteiger partial charge in [-0.05, 0) is 40.2 Å². The van der Waals surface area contributed by atoms with E-state index in [9.17, 15) is 10.0 Å². The molecule has 1 amide bonds. The zero-order chi connectivity index (χ0) is 16.0. The molecule has 0 saturated heterocycles. The molecule has 1 aromatic heterocycles. The highest BCUT2D eigenvalue weighted by Crippen LogP contribution is 2.12. The van der Waals surface area contributed by atoms with Gasteiger partial charge in [-0.3, -0.25) is 0 Å². The first-order chi connectivity index (χ1) is 9.69. The van der Waals surface area contributed by atoms with Crippen LogP contribution in [0.3, 0.4) is 0 Å². The molecule has 0 aliphatic heterocycles. The fourth-order valence-electron chi connectivity index (χ4n) is 1.64. The van der Waals surface area contributed by atoms with Gasteiger partial charge in [-0.1, -0.05) is 12.2 Å². The van der Waals surface area contributed by atoms with E-state index in [-0.39, 0.29) is 12.1 Å². The summed E-state index contributed by atoms with van der Waals surface area (Å²) in [6, 6.07) is 3.56. The number of ether oxygens (including phenoxy) is 1. The van der Waals surface area contributed by atoms with E-state index in [1.807, 2.05) is 45.9 Å². The number of pyridine rings is 1. The van der Waals surface area contributed by atoms with Crippen LogP contribution in [0.5, 0.6) is 0 Å². The maximum atomic E-state index is 11.9. The number of amides is 1. The highest BCUT2D eigenvalue weighted by Gasteiger charge is 2.22. The van der Waals surface area contributed by atoms with E-state index < -0.39 is 5.60 Å². The Bertz CT molecular complexity index is 506. The topological polar surface area (TPSA) is 56.5 Å². The molecule has 1 unspecified atom stereocenters. The number of carbonyl (C=O) groups excluding carboxylic acids is 1. The lowest BCUT2D eigenvalue weighted by Crippen LogP contribution is -2.39. The minimum Gasteiger partial charge on any atom is -0.619 e.